The van der Waals surface area contributed by atoms with Gasteiger partial charge in [-0.3, -0.25) is 4.79 Å². The summed E-state index contributed by atoms with van der Waals surface area (Å²) in [5.41, 5.74) is 2.22. The molecule has 8 heteroatoms. The third kappa shape index (κ3) is 5.16. The lowest BCUT2D eigenvalue weighted by Gasteiger charge is -2.03. The Hall–Kier alpha value is -3.68. The molecule has 144 valence electrons. The Bertz CT molecular complexity index is 983. The number of rotatable bonds is 7. The number of amides is 1. The van der Waals surface area contributed by atoms with Crippen molar-refractivity contribution in [2.75, 3.05) is 7.11 Å². The summed E-state index contributed by atoms with van der Waals surface area (Å²) in [6.45, 7) is 0.690. The van der Waals surface area contributed by atoms with E-state index in [1.165, 1.54) is 31.4 Å². The van der Waals surface area contributed by atoms with E-state index in [9.17, 15) is 14.3 Å². The second-order valence-electron chi connectivity index (χ2n) is 6.02. The molecule has 0 atom stereocenters. The maximum absolute atomic E-state index is 12.9. The molecular weight excluding hydrogens is 363 g/mol. The lowest BCUT2D eigenvalue weighted by molar-refractivity contribution is -0.116. The molecule has 3 aromatic rings. The molecule has 0 saturated heterocycles. The Morgan fingerprint density at radius 2 is 2.07 bits per heavy atom. The fourth-order valence-corrected chi connectivity index (χ4v) is 2.48. The lowest BCUT2D eigenvalue weighted by atomic mass is 10.2. The summed E-state index contributed by atoms with van der Waals surface area (Å²) in [6.07, 6.45) is 4.72. The number of methoxy groups -OCH3 is 1. The van der Waals surface area contributed by atoms with Crippen LogP contribution in [-0.4, -0.2) is 33.1 Å². The van der Waals surface area contributed by atoms with Gasteiger partial charge in [-0.05, 0) is 41.5 Å². The predicted molar refractivity (Wildman–Crippen MR) is 101 cm³/mol. The van der Waals surface area contributed by atoms with Crippen molar-refractivity contribution in [3.8, 4) is 11.5 Å². The van der Waals surface area contributed by atoms with Crippen molar-refractivity contribution in [3.63, 3.8) is 0 Å². The van der Waals surface area contributed by atoms with Crippen molar-refractivity contribution in [2.45, 2.75) is 13.1 Å². The topological polar surface area (TPSA) is 89.3 Å². The molecule has 1 amide bonds. The Labute approximate surface area is 161 Å². The molecule has 0 aliphatic rings. The average molecular weight is 382 g/mol. The number of benzene rings is 2. The van der Waals surface area contributed by atoms with Gasteiger partial charge in [0, 0.05) is 6.08 Å². The summed E-state index contributed by atoms with van der Waals surface area (Å²) < 4.78 is 19.6. The second-order valence-corrected chi connectivity index (χ2v) is 6.02. The molecule has 0 spiro atoms. The number of ether oxygens (including phenoxy) is 1. The molecule has 0 aliphatic heterocycles. The Kier molecular flexibility index (Phi) is 6.01. The van der Waals surface area contributed by atoms with Crippen LogP contribution in [0.1, 0.15) is 16.8 Å². The number of aromatic nitrogens is 3. The van der Waals surface area contributed by atoms with Crippen molar-refractivity contribution in [1.29, 1.82) is 0 Å². The molecule has 7 nitrogen and oxygen atoms in total. The number of carbonyl (C=O) groups is 1. The number of halogens is 1. The molecule has 3 rings (SSSR count). The first kappa shape index (κ1) is 19.1. The Morgan fingerprint density at radius 1 is 1.29 bits per heavy atom. The van der Waals surface area contributed by atoms with Crippen LogP contribution in [0.4, 0.5) is 4.39 Å². The number of nitrogens with zero attached hydrogens (tertiary/aromatic N) is 3. The van der Waals surface area contributed by atoms with Crippen LogP contribution < -0.4 is 10.1 Å². The monoisotopic (exact) mass is 382 g/mol. The normalized spacial score (nSPS) is 10.9. The standard InChI is InChI=1S/C20H19FN4O3/c1-28-19-10-14(4-8-18(19)26)5-9-20(27)22-11-17-13-25(24-23-17)12-15-2-6-16(21)7-3-15/h2-10,13,26H,11-12H2,1H3,(H,22,27)/b9-5+. The van der Waals surface area contributed by atoms with E-state index < -0.39 is 0 Å². The number of phenols is 1. The van der Waals surface area contributed by atoms with Crippen molar-refractivity contribution < 1.29 is 19.0 Å². The van der Waals surface area contributed by atoms with E-state index in [-0.39, 0.29) is 24.0 Å². The molecule has 0 aliphatic carbocycles. The van der Waals surface area contributed by atoms with Crippen molar-refractivity contribution in [3.05, 3.63) is 77.4 Å². The summed E-state index contributed by atoms with van der Waals surface area (Å²) in [4.78, 5) is 12.0. The van der Waals surface area contributed by atoms with Crippen LogP contribution in [0.15, 0.2) is 54.7 Å². The van der Waals surface area contributed by atoms with Gasteiger partial charge in [-0.2, -0.15) is 0 Å². The van der Waals surface area contributed by atoms with E-state index in [0.717, 1.165) is 11.1 Å². The summed E-state index contributed by atoms with van der Waals surface area (Å²) in [5, 5.41) is 20.3. The Balaban J connectivity index is 1.52. The van der Waals surface area contributed by atoms with E-state index in [0.29, 0.717) is 18.0 Å². The van der Waals surface area contributed by atoms with Gasteiger partial charge in [-0.1, -0.05) is 23.4 Å². The van der Waals surface area contributed by atoms with Crippen molar-refractivity contribution >= 4 is 12.0 Å². The number of hydrogen-bond acceptors (Lipinski definition) is 5. The highest BCUT2D eigenvalue weighted by Gasteiger charge is 2.04. The summed E-state index contributed by atoms with van der Waals surface area (Å²) >= 11 is 0. The minimum absolute atomic E-state index is 0.0350. The number of hydrogen-bond donors (Lipinski definition) is 2. The second kappa shape index (κ2) is 8.81. The number of carbonyl (C=O) groups excluding carboxylic acids is 1. The van der Waals surface area contributed by atoms with Gasteiger partial charge >= 0.3 is 0 Å². The van der Waals surface area contributed by atoms with Gasteiger partial charge in [0.2, 0.25) is 5.91 Å². The fraction of sp³-hybridized carbons (Fsp3) is 0.150. The number of nitrogens with one attached hydrogen (secondary N) is 1. The van der Waals surface area contributed by atoms with Gasteiger partial charge in [-0.25, -0.2) is 9.07 Å². The summed E-state index contributed by atoms with van der Waals surface area (Å²) in [7, 11) is 1.46. The molecule has 0 fully saturated rings. The van der Waals surface area contributed by atoms with Gasteiger partial charge < -0.3 is 15.2 Å². The number of aromatic hydroxyl groups is 1. The molecule has 0 unspecified atom stereocenters. The van der Waals surface area contributed by atoms with Crippen LogP contribution in [-0.2, 0) is 17.9 Å². The lowest BCUT2D eigenvalue weighted by Crippen LogP contribution is -2.20. The summed E-state index contributed by atoms with van der Waals surface area (Å²) in [6, 6.07) is 10.9. The maximum Gasteiger partial charge on any atom is 0.244 e. The highest BCUT2D eigenvalue weighted by Crippen LogP contribution is 2.26. The van der Waals surface area contributed by atoms with Crippen LogP contribution in [0.3, 0.4) is 0 Å². The van der Waals surface area contributed by atoms with Gasteiger partial charge in [0.25, 0.3) is 0 Å². The highest BCUT2D eigenvalue weighted by molar-refractivity contribution is 5.91. The average Bonchev–Trinajstić information content (AvgIpc) is 3.15. The zero-order valence-corrected chi connectivity index (χ0v) is 15.2. The van der Waals surface area contributed by atoms with Crippen LogP contribution >= 0.6 is 0 Å². The smallest absolute Gasteiger partial charge is 0.244 e. The third-order valence-corrected chi connectivity index (χ3v) is 3.92. The molecule has 28 heavy (non-hydrogen) atoms. The quantitative estimate of drug-likeness (QED) is 0.613. The van der Waals surface area contributed by atoms with Gasteiger partial charge in [0.1, 0.15) is 11.5 Å². The largest absolute Gasteiger partial charge is 0.504 e. The van der Waals surface area contributed by atoms with E-state index in [1.807, 2.05) is 0 Å². The molecule has 2 N–H and O–H groups in total. The van der Waals surface area contributed by atoms with Crippen LogP contribution in [0.5, 0.6) is 11.5 Å². The van der Waals surface area contributed by atoms with E-state index in [2.05, 4.69) is 15.6 Å². The first-order chi connectivity index (χ1) is 13.5. The highest BCUT2D eigenvalue weighted by atomic mass is 19.1. The van der Waals surface area contributed by atoms with E-state index in [1.54, 1.807) is 41.2 Å². The first-order valence-electron chi connectivity index (χ1n) is 8.50. The molecule has 2 aromatic carbocycles. The minimum atomic E-state index is -0.292. The summed E-state index contributed by atoms with van der Waals surface area (Å²) in [5.74, 6) is -0.210. The van der Waals surface area contributed by atoms with Crippen molar-refractivity contribution in [2.24, 2.45) is 0 Å². The van der Waals surface area contributed by atoms with Crippen LogP contribution in [0.25, 0.3) is 6.08 Å². The van der Waals surface area contributed by atoms with E-state index in [4.69, 9.17) is 4.74 Å². The molecular formula is C20H19FN4O3. The molecule has 0 bridgehead atoms. The molecule has 1 aromatic heterocycles. The molecule has 0 saturated carbocycles. The first-order valence-corrected chi connectivity index (χ1v) is 8.50. The Morgan fingerprint density at radius 3 is 2.82 bits per heavy atom. The van der Waals surface area contributed by atoms with Gasteiger partial charge in [0.05, 0.1) is 26.4 Å². The zero-order chi connectivity index (χ0) is 19.9. The predicted octanol–water partition coefficient (Wildman–Crippen LogP) is 2.51. The van der Waals surface area contributed by atoms with Crippen LogP contribution in [0.2, 0.25) is 0 Å². The fourth-order valence-electron chi connectivity index (χ4n) is 2.48. The molecule has 1 heterocycles. The molecule has 0 radical (unpaired) electrons. The number of phenolic OH excluding ortho intramolecular Hbond substituents is 1. The third-order valence-electron chi connectivity index (χ3n) is 3.92. The van der Waals surface area contributed by atoms with Gasteiger partial charge in [-0.15, -0.1) is 5.10 Å². The van der Waals surface area contributed by atoms with E-state index >= 15 is 0 Å². The minimum Gasteiger partial charge on any atom is -0.504 e. The maximum atomic E-state index is 12.9. The zero-order valence-electron chi connectivity index (χ0n) is 15.2. The van der Waals surface area contributed by atoms with Gasteiger partial charge in [0.15, 0.2) is 11.5 Å². The van der Waals surface area contributed by atoms with Crippen LogP contribution in [0, 0.1) is 5.82 Å². The SMILES string of the molecule is COc1cc(/C=C/C(=O)NCc2cn(Cc3ccc(F)cc3)nn2)ccc1O. The van der Waals surface area contributed by atoms with Crippen molar-refractivity contribution in [1.82, 2.24) is 20.3 Å².